The van der Waals surface area contributed by atoms with Gasteiger partial charge in [0.15, 0.2) is 0 Å². The zero-order chi connectivity index (χ0) is 18.5. The van der Waals surface area contributed by atoms with Crippen LogP contribution in [0, 0.1) is 0 Å². The first-order chi connectivity index (χ1) is 11.6. The van der Waals surface area contributed by atoms with Crippen molar-refractivity contribution in [3.63, 3.8) is 0 Å². The van der Waals surface area contributed by atoms with Crippen LogP contribution in [0.3, 0.4) is 0 Å². The van der Waals surface area contributed by atoms with Gasteiger partial charge in [0.25, 0.3) is 0 Å². The quantitative estimate of drug-likeness (QED) is 0.764. The number of piperidine rings is 1. The smallest absolute Gasteiger partial charge is 0.415 e. The number of rotatable bonds is 0. The number of ether oxygens (including phenoxy) is 1. The van der Waals surface area contributed by atoms with Gasteiger partial charge in [-0.2, -0.15) is 13.2 Å². The minimum absolute atomic E-state index is 0.306. The minimum atomic E-state index is -4.55. The second-order valence-corrected chi connectivity index (χ2v) is 7.72. The highest BCUT2D eigenvalue weighted by Gasteiger charge is 2.64. The molecule has 2 aliphatic heterocycles. The molecule has 0 aliphatic carbocycles. The highest BCUT2D eigenvalue weighted by Crippen LogP contribution is 2.55. The molecule has 2 aliphatic rings. The molecule has 1 atom stereocenters. The van der Waals surface area contributed by atoms with Crippen LogP contribution in [0.25, 0.3) is 0 Å². The van der Waals surface area contributed by atoms with Crippen LogP contribution in [0.5, 0.6) is 0 Å². The summed E-state index contributed by atoms with van der Waals surface area (Å²) in [6, 6.07) is 4.77. The fourth-order valence-corrected chi connectivity index (χ4v) is 4.03. The molecule has 1 N–H and O–H groups in total. The lowest BCUT2D eigenvalue weighted by Gasteiger charge is -2.42. The average molecular weight is 356 g/mol. The number of amides is 1. The zero-order valence-electron chi connectivity index (χ0n) is 14.6. The van der Waals surface area contributed by atoms with Crippen LogP contribution in [0.15, 0.2) is 24.3 Å². The van der Waals surface area contributed by atoms with E-state index >= 15 is 0 Å². The van der Waals surface area contributed by atoms with E-state index in [-0.39, 0.29) is 0 Å². The Balaban J connectivity index is 2.14. The molecule has 0 bridgehead atoms. The molecule has 2 heterocycles. The largest absolute Gasteiger partial charge is 0.443 e. The van der Waals surface area contributed by atoms with Gasteiger partial charge >= 0.3 is 12.3 Å². The van der Waals surface area contributed by atoms with E-state index in [1.807, 2.05) is 0 Å². The maximum Gasteiger partial charge on any atom is 0.415 e. The lowest BCUT2D eigenvalue weighted by molar-refractivity contribution is -0.164. The van der Waals surface area contributed by atoms with Crippen molar-refractivity contribution in [2.24, 2.45) is 0 Å². The number of fused-ring (bicyclic) bond motifs is 2. The van der Waals surface area contributed by atoms with E-state index in [1.165, 1.54) is 0 Å². The fourth-order valence-electron chi connectivity index (χ4n) is 4.03. The topological polar surface area (TPSA) is 41.6 Å². The number of benzene rings is 1. The molecule has 1 spiro atoms. The SMILES string of the molecule is CC(C)(C)OC(=O)N1c2ccccc2C2(CCNCC2)C1C(F)(F)F. The predicted molar refractivity (Wildman–Crippen MR) is 88.8 cm³/mol. The molecule has 1 saturated heterocycles. The molecule has 1 aromatic rings. The zero-order valence-corrected chi connectivity index (χ0v) is 14.6. The summed E-state index contributed by atoms with van der Waals surface area (Å²) in [5.74, 6) is 0. The van der Waals surface area contributed by atoms with Gasteiger partial charge in [-0.3, -0.25) is 4.90 Å². The van der Waals surface area contributed by atoms with Gasteiger partial charge in [-0.1, -0.05) is 18.2 Å². The van der Waals surface area contributed by atoms with Crippen molar-refractivity contribution in [3.05, 3.63) is 29.8 Å². The van der Waals surface area contributed by atoms with E-state index in [2.05, 4.69) is 5.32 Å². The Labute approximate surface area is 145 Å². The van der Waals surface area contributed by atoms with Gasteiger partial charge in [0, 0.05) is 5.41 Å². The van der Waals surface area contributed by atoms with Crippen LogP contribution in [0.1, 0.15) is 39.2 Å². The molecule has 3 rings (SSSR count). The molecule has 1 aromatic carbocycles. The van der Waals surface area contributed by atoms with E-state index in [1.54, 1.807) is 45.0 Å². The number of para-hydroxylation sites is 1. The minimum Gasteiger partial charge on any atom is -0.443 e. The van der Waals surface area contributed by atoms with E-state index in [9.17, 15) is 18.0 Å². The first-order valence-electron chi connectivity index (χ1n) is 8.45. The fraction of sp³-hybridized carbons (Fsp3) is 0.611. The number of carbonyl (C=O) groups is 1. The number of nitrogens with one attached hydrogen (secondary N) is 1. The van der Waals surface area contributed by atoms with E-state index < -0.39 is 29.3 Å². The normalized spacial score (nSPS) is 22.8. The molecular weight excluding hydrogens is 333 g/mol. The highest BCUT2D eigenvalue weighted by molar-refractivity contribution is 5.93. The maximum atomic E-state index is 14.1. The van der Waals surface area contributed by atoms with Crippen molar-refractivity contribution in [1.29, 1.82) is 0 Å². The van der Waals surface area contributed by atoms with Crippen LogP contribution in [0.4, 0.5) is 23.7 Å². The van der Waals surface area contributed by atoms with Gasteiger partial charge in [0.2, 0.25) is 0 Å². The average Bonchev–Trinajstić information content (AvgIpc) is 2.77. The summed E-state index contributed by atoms with van der Waals surface area (Å²) in [4.78, 5) is 13.5. The van der Waals surface area contributed by atoms with Gasteiger partial charge in [0.05, 0.1) is 5.69 Å². The Morgan fingerprint density at radius 3 is 2.36 bits per heavy atom. The van der Waals surface area contributed by atoms with Gasteiger partial charge < -0.3 is 10.1 Å². The molecular formula is C18H23F3N2O2. The molecule has 0 aromatic heterocycles. The first kappa shape index (κ1) is 18.0. The second-order valence-electron chi connectivity index (χ2n) is 7.72. The number of anilines is 1. The third-order valence-electron chi connectivity index (χ3n) is 4.88. The van der Waals surface area contributed by atoms with E-state index in [0.29, 0.717) is 37.2 Å². The standard InChI is InChI=1S/C18H23F3N2O2/c1-16(2,3)25-15(24)23-13-7-5-4-6-12(13)17(8-10-22-11-9-17)14(23)18(19,20)21/h4-7,14,22H,8-11H2,1-3H3. The van der Waals surface area contributed by atoms with Crippen molar-refractivity contribution in [2.45, 2.75) is 56.8 Å². The number of carbonyl (C=O) groups excluding carboxylic acids is 1. The van der Waals surface area contributed by atoms with Crippen LogP contribution < -0.4 is 10.2 Å². The monoisotopic (exact) mass is 356 g/mol. The van der Waals surface area contributed by atoms with E-state index in [4.69, 9.17) is 4.74 Å². The Kier molecular flexibility index (Phi) is 4.26. The summed E-state index contributed by atoms with van der Waals surface area (Å²) in [6.07, 6.45) is -4.84. The number of hydrogen-bond acceptors (Lipinski definition) is 3. The maximum absolute atomic E-state index is 14.1. The van der Waals surface area contributed by atoms with Crippen molar-refractivity contribution in [1.82, 2.24) is 5.32 Å². The van der Waals surface area contributed by atoms with Crippen molar-refractivity contribution >= 4 is 11.8 Å². The van der Waals surface area contributed by atoms with Crippen LogP contribution in [-0.2, 0) is 10.2 Å². The number of halogens is 3. The third kappa shape index (κ3) is 3.10. The molecule has 0 saturated carbocycles. The van der Waals surface area contributed by atoms with Gasteiger partial charge in [-0.25, -0.2) is 4.79 Å². The van der Waals surface area contributed by atoms with Crippen molar-refractivity contribution < 1.29 is 22.7 Å². The summed E-state index contributed by atoms with van der Waals surface area (Å²) in [5, 5.41) is 3.12. The van der Waals surface area contributed by atoms with Gasteiger partial charge in [-0.05, 0) is 58.3 Å². The Morgan fingerprint density at radius 1 is 1.20 bits per heavy atom. The summed E-state index contributed by atoms with van der Waals surface area (Å²) < 4.78 is 47.7. The summed E-state index contributed by atoms with van der Waals surface area (Å²) >= 11 is 0. The molecule has 1 unspecified atom stereocenters. The van der Waals surface area contributed by atoms with Crippen molar-refractivity contribution in [3.8, 4) is 0 Å². The Bertz CT molecular complexity index is 661. The number of nitrogens with zero attached hydrogens (tertiary/aromatic N) is 1. The number of hydrogen-bond donors (Lipinski definition) is 1. The highest BCUT2D eigenvalue weighted by atomic mass is 19.4. The predicted octanol–water partition coefficient (Wildman–Crippen LogP) is 3.99. The van der Waals surface area contributed by atoms with E-state index in [0.717, 1.165) is 4.90 Å². The first-order valence-corrected chi connectivity index (χ1v) is 8.45. The molecule has 0 radical (unpaired) electrons. The lowest BCUT2D eigenvalue weighted by atomic mass is 9.69. The third-order valence-corrected chi connectivity index (χ3v) is 4.88. The summed E-state index contributed by atoms with van der Waals surface area (Å²) in [7, 11) is 0. The summed E-state index contributed by atoms with van der Waals surface area (Å²) in [5.41, 5.74) is -1.10. The second kappa shape index (κ2) is 5.90. The molecule has 1 fully saturated rings. The van der Waals surface area contributed by atoms with Crippen molar-refractivity contribution in [2.75, 3.05) is 18.0 Å². The lowest BCUT2D eigenvalue weighted by Crippen LogP contribution is -2.59. The number of alkyl halides is 3. The van der Waals surface area contributed by atoms with Gasteiger partial charge in [-0.15, -0.1) is 0 Å². The summed E-state index contributed by atoms with van der Waals surface area (Å²) in [6.45, 7) is 5.92. The molecule has 138 valence electrons. The van der Waals surface area contributed by atoms with Gasteiger partial charge in [0.1, 0.15) is 11.6 Å². The Morgan fingerprint density at radius 2 is 1.80 bits per heavy atom. The van der Waals surface area contributed by atoms with Crippen LogP contribution in [0.2, 0.25) is 0 Å². The molecule has 1 amide bonds. The molecule has 25 heavy (non-hydrogen) atoms. The van der Waals surface area contributed by atoms with Crippen LogP contribution in [-0.4, -0.2) is 37.0 Å². The van der Waals surface area contributed by atoms with Crippen LogP contribution >= 0.6 is 0 Å². The Hall–Kier alpha value is -1.76. The molecule has 7 heteroatoms. The molecule has 4 nitrogen and oxygen atoms in total.